The lowest BCUT2D eigenvalue weighted by molar-refractivity contribution is -0.136. The van der Waals surface area contributed by atoms with Crippen LogP contribution in [0.4, 0.5) is 0 Å². The van der Waals surface area contributed by atoms with Crippen molar-refractivity contribution in [2.24, 2.45) is 0 Å². The van der Waals surface area contributed by atoms with Crippen molar-refractivity contribution in [3.8, 4) is 0 Å². The molecule has 1 aromatic carbocycles. The van der Waals surface area contributed by atoms with Gasteiger partial charge in [-0.25, -0.2) is 0 Å². The number of carbonyl (C=O) groups excluding carboxylic acids is 1. The van der Waals surface area contributed by atoms with Crippen LogP contribution in [0.25, 0.3) is 0 Å². The second kappa shape index (κ2) is 10.2. The molecular weight excluding hydrogens is 302 g/mol. The lowest BCUT2D eigenvalue weighted by atomic mass is 10.2. The molecule has 6 heteroatoms. The van der Waals surface area contributed by atoms with Crippen molar-refractivity contribution < 1.29 is 19.4 Å². The quantitative estimate of drug-likeness (QED) is 0.511. The lowest BCUT2D eigenvalue weighted by Gasteiger charge is -2.12. The zero-order valence-corrected chi connectivity index (χ0v) is 13.8. The molecule has 0 aliphatic heterocycles. The van der Waals surface area contributed by atoms with Crippen LogP contribution in [0.5, 0.6) is 0 Å². The number of nitrogens with one attached hydrogen (secondary N) is 1. The van der Waals surface area contributed by atoms with E-state index in [0.717, 1.165) is 12.8 Å². The Labute approximate surface area is 135 Å². The molecular formula is C16H23NO4S. The number of amides is 1. The minimum absolute atomic E-state index is 0.209. The van der Waals surface area contributed by atoms with Gasteiger partial charge in [-0.05, 0) is 25.5 Å². The highest BCUT2D eigenvalue weighted by atomic mass is 32.2. The molecule has 0 saturated heterocycles. The van der Waals surface area contributed by atoms with Crippen molar-refractivity contribution >= 4 is 23.6 Å². The smallest absolute Gasteiger partial charge is 0.316 e. The molecule has 0 spiro atoms. The standard InChI is InChI=1S/C16H23NO4S/c1-3-4-10-21-11-9-17-15(18)13-7-5-6-8-14(13)22-12(2)16(19)20/h5-8,12H,3-4,9-11H2,1-2H3,(H,17,18)(H,19,20). The fourth-order valence-electron chi connectivity index (χ4n) is 1.68. The van der Waals surface area contributed by atoms with Crippen molar-refractivity contribution in [3.63, 3.8) is 0 Å². The summed E-state index contributed by atoms with van der Waals surface area (Å²) in [4.78, 5) is 23.8. The van der Waals surface area contributed by atoms with E-state index in [2.05, 4.69) is 12.2 Å². The van der Waals surface area contributed by atoms with Gasteiger partial charge in [0.05, 0.1) is 12.2 Å². The average Bonchev–Trinajstić information content (AvgIpc) is 2.51. The number of hydrogen-bond donors (Lipinski definition) is 2. The minimum Gasteiger partial charge on any atom is -0.480 e. The van der Waals surface area contributed by atoms with Gasteiger partial charge in [0.25, 0.3) is 5.91 Å². The summed E-state index contributed by atoms with van der Waals surface area (Å²) in [5, 5.41) is 11.2. The van der Waals surface area contributed by atoms with Crippen molar-refractivity contribution in [1.82, 2.24) is 5.32 Å². The Kier molecular flexibility index (Phi) is 8.62. The van der Waals surface area contributed by atoms with Crippen LogP contribution in [0.15, 0.2) is 29.2 Å². The summed E-state index contributed by atoms with van der Waals surface area (Å²) in [6, 6.07) is 7.02. The Morgan fingerprint density at radius 1 is 1.32 bits per heavy atom. The molecule has 0 aromatic heterocycles. The summed E-state index contributed by atoms with van der Waals surface area (Å²) in [7, 11) is 0. The summed E-state index contributed by atoms with van der Waals surface area (Å²) >= 11 is 1.17. The molecule has 5 nitrogen and oxygen atoms in total. The zero-order valence-electron chi connectivity index (χ0n) is 13.0. The molecule has 0 heterocycles. The van der Waals surface area contributed by atoms with Crippen LogP contribution in [0.3, 0.4) is 0 Å². The predicted octanol–water partition coefficient (Wildman–Crippen LogP) is 2.80. The highest BCUT2D eigenvalue weighted by molar-refractivity contribution is 8.00. The van der Waals surface area contributed by atoms with E-state index in [9.17, 15) is 9.59 Å². The third-order valence-electron chi connectivity index (χ3n) is 2.96. The molecule has 1 rings (SSSR count). The number of carboxylic acids is 1. The first-order chi connectivity index (χ1) is 10.6. The van der Waals surface area contributed by atoms with Crippen LogP contribution in [0, 0.1) is 0 Å². The van der Waals surface area contributed by atoms with Crippen LogP contribution >= 0.6 is 11.8 Å². The van der Waals surface area contributed by atoms with Crippen molar-refractivity contribution in [2.45, 2.75) is 36.8 Å². The molecule has 0 saturated carbocycles. The van der Waals surface area contributed by atoms with Crippen molar-refractivity contribution in [1.29, 1.82) is 0 Å². The average molecular weight is 325 g/mol. The molecule has 1 aromatic rings. The Morgan fingerprint density at radius 3 is 2.73 bits per heavy atom. The van der Waals surface area contributed by atoms with Gasteiger partial charge in [0.2, 0.25) is 0 Å². The van der Waals surface area contributed by atoms with E-state index < -0.39 is 11.2 Å². The molecule has 1 amide bonds. The molecule has 0 radical (unpaired) electrons. The number of thioether (sulfide) groups is 1. The maximum atomic E-state index is 12.2. The van der Waals surface area contributed by atoms with E-state index in [4.69, 9.17) is 9.84 Å². The first-order valence-electron chi connectivity index (χ1n) is 7.40. The monoisotopic (exact) mass is 325 g/mol. The van der Waals surface area contributed by atoms with E-state index in [-0.39, 0.29) is 5.91 Å². The van der Waals surface area contributed by atoms with E-state index in [0.29, 0.717) is 30.2 Å². The minimum atomic E-state index is -0.899. The summed E-state index contributed by atoms with van der Waals surface area (Å²) in [5.74, 6) is -1.11. The van der Waals surface area contributed by atoms with E-state index in [1.54, 1.807) is 31.2 Å². The normalized spacial score (nSPS) is 11.9. The number of aliphatic carboxylic acids is 1. The van der Waals surface area contributed by atoms with Gasteiger partial charge in [-0.2, -0.15) is 0 Å². The SMILES string of the molecule is CCCCOCCNC(=O)c1ccccc1SC(C)C(=O)O. The number of unbranched alkanes of at least 4 members (excludes halogenated alkanes) is 1. The number of hydrogen-bond acceptors (Lipinski definition) is 4. The van der Waals surface area contributed by atoms with Gasteiger partial charge in [-0.15, -0.1) is 11.8 Å². The Morgan fingerprint density at radius 2 is 2.05 bits per heavy atom. The maximum absolute atomic E-state index is 12.2. The molecule has 0 fully saturated rings. The number of ether oxygens (including phenoxy) is 1. The lowest BCUT2D eigenvalue weighted by Crippen LogP contribution is -2.28. The third-order valence-corrected chi connectivity index (χ3v) is 4.12. The van der Waals surface area contributed by atoms with Crippen LogP contribution in [-0.4, -0.2) is 42.0 Å². The molecule has 2 N–H and O–H groups in total. The second-order valence-corrected chi connectivity index (χ2v) is 6.20. The Balaban J connectivity index is 2.52. The molecule has 0 bridgehead atoms. The van der Waals surface area contributed by atoms with Gasteiger partial charge in [-0.3, -0.25) is 9.59 Å². The third kappa shape index (κ3) is 6.49. The van der Waals surface area contributed by atoms with Gasteiger partial charge in [-0.1, -0.05) is 25.5 Å². The molecule has 0 aliphatic rings. The largest absolute Gasteiger partial charge is 0.480 e. The fourth-order valence-corrected chi connectivity index (χ4v) is 2.60. The van der Waals surface area contributed by atoms with Gasteiger partial charge >= 0.3 is 5.97 Å². The summed E-state index contributed by atoms with van der Waals surface area (Å²) in [6.07, 6.45) is 2.10. The summed E-state index contributed by atoms with van der Waals surface area (Å²) in [6.45, 7) is 5.32. The first-order valence-corrected chi connectivity index (χ1v) is 8.28. The van der Waals surface area contributed by atoms with Gasteiger partial charge in [0, 0.05) is 18.0 Å². The highest BCUT2D eigenvalue weighted by Gasteiger charge is 2.17. The number of benzene rings is 1. The molecule has 22 heavy (non-hydrogen) atoms. The van der Waals surface area contributed by atoms with Gasteiger partial charge < -0.3 is 15.2 Å². The van der Waals surface area contributed by atoms with Crippen LogP contribution in [-0.2, 0) is 9.53 Å². The molecule has 1 unspecified atom stereocenters. The molecule has 122 valence electrons. The van der Waals surface area contributed by atoms with E-state index >= 15 is 0 Å². The predicted molar refractivity (Wildman–Crippen MR) is 87.5 cm³/mol. The van der Waals surface area contributed by atoms with Crippen molar-refractivity contribution in [2.75, 3.05) is 19.8 Å². The zero-order chi connectivity index (χ0) is 16.4. The second-order valence-electron chi connectivity index (χ2n) is 4.82. The first kappa shape index (κ1) is 18.5. The number of carboxylic acid groups (broad SMARTS) is 1. The van der Waals surface area contributed by atoms with Crippen LogP contribution in [0.2, 0.25) is 0 Å². The van der Waals surface area contributed by atoms with Crippen molar-refractivity contribution in [3.05, 3.63) is 29.8 Å². The molecule has 0 aliphatic carbocycles. The molecule has 1 atom stereocenters. The van der Waals surface area contributed by atoms with Gasteiger partial charge in [0.15, 0.2) is 0 Å². The number of carbonyl (C=O) groups is 2. The maximum Gasteiger partial charge on any atom is 0.316 e. The van der Waals surface area contributed by atoms with E-state index in [1.807, 2.05) is 0 Å². The number of rotatable bonds is 10. The van der Waals surface area contributed by atoms with Crippen LogP contribution < -0.4 is 5.32 Å². The summed E-state index contributed by atoms with van der Waals surface area (Å²) < 4.78 is 5.39. The van der Waals surface area contributed by atoms with Crippen LogP contribution in [0.1, 0.15) is 37.0 Å². The topological polar surface area (TPSA) is 75.6 Å². The summed E-state index contributed by atoms with van der Waals surface area (Å²) in [5.41, 5.74) is 0.495. The highest BCUT2D eigenvalue weighted by Crippen LogP contribution is 2.26. The Bertz CT molecular complexity index is 493. The van der Waals surface area contributed by atoms with Gasteiger partial charge in [0.1, 0.15) is 5.25 Å². The van der Waals surface area contributed by atoms with E-state index in [1.165, 1.54) is 11.8 Å². The fraction of sp³-hybridized carbons (Fsp3) is 0.500. The Hall–Kier alpha value is -1.53.